The minimum absolute atomic E-state index is 0.0219. The van der Waals surface area contributed by atoms with E-state index in [4.69, 9.17) is 0 Å². The molecule has 0 aliphatic carbocycles. The normalized spacial score (nSPS) is 20.0. The van der Waals surface area contributed by atoms with Gasteiger partial charge >= 0.3 is 6.18 Å². The zero-order valence-corrected chi connectivity index (χ0v) is 16.4. The smallest absolute Gasteiger partial charge is 0.380 e. The van der Waals surface area contributed by atoms with Gasteiger partial charge in [0.15, 0.2) is 0 Å². The Balaban J connectivity index is 1.61. The van der Waals surface area contributed by atoms with Crippen molar-refractivity contribution in [2.45, 2.75) is 24.7 Å². The van der Waals surface area contributed by atoms with Crippen LogP contribution in [0.4, 0.5) is 27.6 Å². The molecule has 2 aliphatic rings. The summed E-state index contributed by atoms with van der Waals surface area (Å²) in [5.74, 6) is -1.74. The van der Waals surface area contributed by atoms with Crippen LogP contribution in [-0.4, -0.2) is 53.5 Å². The number of alkyl halides is 3. The van der Waals surface area contributed by atoms with E-state index in [1.54, 1.807) is 18.3 Å². The number of aromatic nitrogens is 2. The number of hydrogen-bond acceptors (Lipinski definition) is 4. The van der Waals surface area contributed by atoms with Crippen molar-refractivity contribution in [1.82, 2.24) is 20.4 Å². The number of aromatic amines is 1. The molecule has 1 aromatic heterocycles. The lowest BCUT2D eigenvalue weighted by atomic mass is 9.86. The van der Waals surface area contributed by atoms with Crippen molar-refractivity contribution in [3.05, 3.63) is 58.8 Å². The van der Waals surface area contributed by atoms with Gasteiger partial charge in [-0.2, -0.15) is 18.3 Å². The summed E-state index contributed by atoms with van der Waals surface area (Å²) in [5.41, 5.74) is 1.86. The van der Waals surface area contributed by atoms with E-state index in [1.165, 1.54) is 0 Å². The third-order valence-corrected chi connectivity index (χ3v) is 5.97. The van der Waals surface area contributed by atoms with E-state index in [1.807, 2.05) is 0 Å². The van der Waals surface area contributed by atoms with Crippen LogP contribution in [0, 0.1) is 11.6 Å². The van der Waals surface area contributed by atoms with Crippen molar-refractivity contribution in [3.63, 3.8) is 0 Å². The van der Waals surface area contributed by atoms with Crippen LogP contribution in [0.2, 0.25) is 0 Å². The average molecular weight is 437 g/mol. The van der Waals surface area contributed by atoms with E-state index in [2.05, 4.69) is 20.8 Å². The van der Waals surface area contributed by atoms with E-state index >= 15 is 8.78 Å². The number of rotatable bonds is 4. The summed E-state index contributed by atoms with van der Waals surface area (Å²) >= 11 is 0. The molecular weight excluding hydrogens is 417 g/mol. The van der Waals surface area contributed by atoms with Gasteiger partial charge in [0.2, 0.25) is 0 Å². The summed E-state index contributed by atoms with van der Waals surface area (Å²) < 4.78 is 70.3. The topological polar surface area (TPSA) is 56.0 Å². The van der Waals surface area contributed by atoms with Crippen LogP contribution >= 0.6 is 0 Å². The van der Waals surface area contributed by atoms with Gasteiger partial charge in [0.1, 0.15) is 11.6 Å². The van der Waals surface area contributed by atoms with Gasteiger partial charge in [0, 0.05) is 36.3 Å². The number of nitrogens with one attached hydrogen (secondary N) is 3. The van der Waals surface area contributed by atoms with Crippen LogP contribution in [0.15, 0.2) is 30.5 Å². The maximum absolute atomic E-state index is 15.2. The predicted octanol–water partition coefficient (Wildman–Crippen LogP) is 3.73. The monoisotopic (exact) mass is 437 g/mol. The number of nitrogens with zero attached hydrogens (tertiary/aromatic N) is 2. The summed E-state index contributed by atoms with van der Waals surface area (Å²) in [6, 6.07) is 4.51. The van der Waals surface area contributed by atoms with Gasteiger partial charge in [-0.15, -0.1) is 0 Å². The molecule has 1 saturated heterocycles. The average Bonchev–Trinajstić information content (AvgIpc) is 3.13. The highest BCUT2D eigenvalue weighted by atomic mass is 19.4. The van der Waals surface area contributed by atoms with Crippen LogP contribution in [0.5, 0.6) is 0 Å². The minimum atomic E-state index is -4.50. The Morgan fingerprint density at radius 3 is 2.52 bits per heavy atom. The van der Waals surface area contributed by atoms with Gasteiger partial charge in [-0.25, -0.2) is 8.78 Å². The molecule has 164 valence electrons. The summed E-state index contributed by atoms with van der Waals surface area (Å²) in [6.07, 6.45) is -2.57. The summed E-state index contributed by atoms with van der Waals surface area (Å²) in [5, 5.41) is 13.7. The largest absolute Gasteiger partial charge is 0.401 e. The molecule has 3 aromatic rings. The Kier molecular flexibility index (Phi) is 4.86. The fraction of sp³-hybridized carbons (Fsp3) is 0.381. The quantitative estimate of drug-likeness (QED) is 0.545. The predicted molar refractivity (Wildman–Crippen MR) is 106 cm³/mol. The van der Waals surface area contributed by atoms with Gasteiger partial charge in [-0.3, -0.25) is 10.00 Å². The van der Waals surface area contributed by atoms with Crippen LogP contribution in [0.1, 0.15) is 22.7 Å². The van der Waals surface area contributed by atoms with Gasteiger partial charge in [0.05, 0.1) is 30.3 Å². The molecule has 0 bridgehead atoms. The number of halogens is 5. The molecule has 0 spiro atoms. The number of fused-ring (bicyclic) bond motifs is 3. The summed E-state index contributed by atoms with van der Waals surface area (Å²) in [6.45, 7) is 0.128. The molecule has 2 aliphatic heterocycles. The maximum Gasteiger partial charge on any atom is 0.401 e. The van der Waals surface area contributed by atoms with E-state index < -0.39 is 30.4 Å². The van der Waals surface area contributed by atoms with Crippen molar-refractivity contribution in [2.24, 2.45) is 0 Å². The Hall–Kier alpha value is -2.72. The zero-order chi connectivity index (χ0) is 21.8. The highest BCUT2D eigenvalue weighted by molar-refractivity contribution is 5.83. The van der Waals surface area contributed by atoms with Gasteiger partial charge in [-0.1, -0.05) is 6.07 Å². The molecule has 3 N–H and O–H groups in total. The van der Waals surface area contributed by atoms with E-state index in [0.717, 1.165) is 33.5 Å². The second kappa shape index (κ2) is 7.45. The number of hydrogen-bond donors (Lipinski definition) is 3. The van der Waals surface area contributed by atoms with Gasteiger partial charge in [0.25, 0.3) is 0 Å². The second-order valence-corrected chi connectivity index (χ2v) is 8.06. The molecule has 31 heavy (non-hydrogen) atoms. The van der Waals surface area contributed by atoms with E-state index in [0.29, 0.717) is 25.1 Å². The number of anilines is 1. The molecule has 2 aromatic carbocycles. The van der Waals surface area contributed by atoms with Crippen LogP contribution in [0.3, 0.4) is 0 Å². The van der Waals surface area contributed by atoms with Crippen molar-refractivity contribution < 1.29 is 22.0 Å². The molecule has 10 heteroatoms. The molecule has 5 nitrogen and oxygen atoms in total. The van der Waals surface area contributed by atoms with Crippen molar-refractivity contribution in [2.75, 3.05) is 31.5 Å². The highest BCUT2D eigenvalue weighted by Crippen LogP contribution is 2.41. The Morgan fingerprint density at radius 2 is 1.87 bits per heavy atom. The Morgan fingerprint density at radius 1 is 1.13 bits per heavy atom. The first-order valence-electron chi connectivity index (χ1n) is 10.0. The van der Waals surface area contributed by atoms with Crippen LogP contribution in [0.25, 0.3) is 10.9 Å². The third-order valence-electron chi connectivity index (χ3n) is 5.97. The molecule has 0 amide bonds. The maximum atomic E-state index is 15.2. The second-order valence-electron chi connectivity index (χ2n) is 8.06. The third kappa shape index (κ3) is 3.74. The molecule has 0 saturated carbocycles. The lowest BCUT2D eigenvalue weighted by Gasteiger charge is -2.38. The van der Waals surface area contributed by atoms with E-state index in [-0.39, 0.29) is 23.8 Å². The SMILES string of the molecule is Fc1cc(NC2CNC2)cc(F)c1C1c2ccc3[nH]ncc3c2CCN1CC(F)(F)F. The first-order valence-corrected chi connectivity index (χ1v) is 10.0. The Bertz CT molecular complexity index is 1100. The van der Waals surface area contributed by atoms with Crippen molar-refractivity contribution >= 4 is 16.6 Å². The Labute approximate surface area is 174 Å². The first-order chi connectivity index (χ1) is 14.8. The number of benzene rings is 2. The fourth-order valence-corrected chi connectivity index (χ4v) is 4.50. The number of H-pyrrole nitrogens is 1. The molecule has 3 heterocycles. The van der Waals surface area contributed by atoms with Gasteiger partial charge in [-0.05, 0) is 35.7 Å². The van der Waals surface area contributed by atoms with Crippen LogP contribution in [-0.2, 0) is 6.42 Å². The molecular formula is C21H20F5N5. The lowest BCUT2D eigenvalue weighted by molar-refractivity contribution is -0.150. The lowest BCUT2D eigenvalue weighted by Crippen LogP contribution is -2.51. The molecule has 1 fully saturated rings. The van der Waals surface area contributed by atoms with Crippen molar-refractivity contribution in [1.29, 1.82) is 0 Å². The highest BCUT2D eigenvalue weighted by Gasteiger charge is 2.40. The van der Waals surface area contributed by atoms with E-state index in [9.17, 15) is 13.2 Å². The molecule has 1 atom stereocenters. The van der Waals surface area contributed by atoms with Crippen LogP contribution < -0.4 is 10.6 Å². The zero-order valence-electron chi connectivity index (χ0n) is 16.4. The standard InChI is InChI=1S/C21H20F5N5/c22-16-5-11(29-12-7-27-8-12)6-17(23)19(16)20-14-1-2-18-15(9-28-30-18)13(14)3-4-31(20)10-21(24,25)26/h1-2,5-6,9,12,20,27,29H,3-4,7-8,10H2,(H,28,30). The molecule has 0 radical (unpaired) electrons. The fourth-order valence-electron chi connectivity index (χ4n) is 4.50. The first kappa shape index (κ1) is 20.2. The minimum Gasteiger partial charge on any atom is -0.380 e. The molecule has 5 rings (SSSR count). The van der Waals surface area contributed by atoms with Gasteiger partial charge < -0.3 is 10.6 Å². The summed E-state index contributed by atoms with van der Waals surface area (Å²) in [4.78, 5) is 1.10. The molecule has 1 unspecified atom stereocenters. The summed E-state index contributed by atoms with van der Waals surface area (Å²) in [7, 11) is 0. The van der Waals surface area contributed by atoms with Crippen molar-refractivity contribution in [3.8, 4) is 0 Å².